The van der Waals surface area contributed by atoms with Gasteiger partial charge in [-0.05, 0) is 0 Å². The molecule has 1 saturated heterocycles. The fourth-order valence-electron chi connectivity index (χ4n) is 0.784. The number of thioether (sulfide) groups is 2. The quantitative estimate of drug-likeness (QED) is 0.639. The van der Waals surface area contributed by atoms with E-state index in [0.717, 1.165) is 11.0 Å². The number of rotatable bonds is 1. The van der Waals surface area contributed by atoms with Crippen molar-refractivity contribution in [1.29, 1.82) is 0 Å². The Kier molecular flexibility index (Phi) is 4.86. The van der Waals surface area contributed by atoms with Crippen LogP contribution in [0.3, 0.4) is 0 Å². The number of hydrogen-bond acceptors (Lipinski definition) is 4. The van der Waals surface area contributed by atoms with Crippen molar-refractivity contribution in [3.63, 3.8) is 0 Å². The Balaban J connectivity index is 2.26. The van der Waals surface area contributed by atoms with E-state index in [4.69, 9.17) is 0 Å². The first kappa shape index (κ1) is 9.49. The van der Waals surface area contributed by atoms with Crippen molar-refractivity contribution < 1.29 is 0 Å². The second kappa shape index (κ2) is 5.12. The first-order valence-corrected chi connectivity index (χ1v) is 6.66. The van der Waals surface area contributed by atoms with Gasteiger partial charge in [-0.2, -0.15) is 48.8 Å². The van der Waals surface area contributed by atoms with Crippen LogP contribution in [0.15, 0.2) is 0 Å². The van der Waals surface area contributed by atoms with Crippen molar-refractivity contribution in [3.8, 4) is 0 Å². The molecule has 1 aliphatic rings. The molecule has 0 nitrogen and oxygen atoms in total. The summed E-state index contributed by atoms with van der Waals surface area (Å²) in [6.07, 6.45) is 0. The first-order chi connectivity index (χ1) is 4.83. The van der Waals surface area contributed by atoms with Crippen LogP contribution in [0.25, 0.3) is 0 Å². The van der Waals surface area contributed by atoms with Crippen LogP contribution >= 0.6 is 48.8 Å². The third-order valence-electron chi connectivity index (χ3n) is 1.34. The zero-order chi connectivity index (χ0) is 7.40. The lowest BCUT2D eigenvalue weighted by atomic mass is 10.5. The highest BCUT2D eigenvalue weighted by Crippen LogP contribution is 2.26. The minimum atomic E-state index is 0.597. The van der Waals surface area contributed by atoms with E-state index in [1.54, 1.807) is 0 Å². The third kappa shape index (κ3) is 3.20. The highest BCUT2D eigenvalue weighted by molar-refractivity contribution is 8.05. The van der Waals surface area contributed by atoms with E-state index in [-0.39, 0.29) is 0 Å². The molecule has 1 heterocycles. The molecule has 2 atom stereocenters. The lowest BCUT2D eigenvalue weighted by Gasteiger charge is -2.08. The van der Waals surface area contributed by atoms with Gasteiger partial charge in [0, 0.05) is 33.5 Å². The van der Waals surface area contributed by atoms with Crippen molar-refractivity contribution in [1.82, 2.24) is 0 Å². The van der Waals surface area contributed by atoms with Crippen LogP contribution in [0, 0.1) is 0 Å². The van der Waals surface area contributed by atoms with Crippen molar-refractivity contribution >= 4 is 48.8 Å². The van der Waals surface area contributed by atoms with Gasteiger partial charge < -0.3 is 0 Å². The Hall–Kier alpha value is 1.40. The lowest BCUT2D eigenvalue weighted by molar-refractivity contribution is 1.15. The maximum atomic E-state index is 4.44. The van der Waals surface area contributed by atoms with Gasteiger partial charge in [-0.3, -0.25) is 0 Å². The largest absolute Gasteiger partial charge is 0.178 e. The van der Waals surface area contributed by atoms with Crippen LogP contribution in [0.1, 0.15) is 0 Å². The van der Waals surface area contributed by atoms with E-state index in [1.807, 2.05) is 23.5 Å². The zero-order valence-corrected chi connectivity index (χ0v) is 9.12. The van der Waals surface area contributed by atoms with Crippen LogP contribution in [0.2, 0.25) is 0 Å². The minimum Gasteiger partial charge on any atom is -0.178 e. The summed E-state index contributed by atoms with van der Waals surface area (Å²) >= 11 is 12.8. The summed E-state index contributed by atoms with van der Waals surface area (Å²) in [5, 5.41) is 1.35. The Morgan fingerprint density at radius 2 is 2.10 bits per heavy atom. The van der Waals surface area contributed by atoms with Gasteiger partial charge in [0.1, 0.15) is 0 Å². The smallest absolute Gasteiger partial charge is 0.0226 e. The van der Waals surface area contributed by atoms with Crippen molar-refractivity contribution in [3.05, 3.63) is 0 Å². The molecule has 0 amide bonds. The Morgan fingerprint density at radius 1 is 1.30 bits per heavy atom. The van der Waals surface area contributed by atoms with E-state index < -0.39 is 0 Å². The zero-order valence-electron chi connectivity index (χ0n) is 5.69. The van der Waals surface area contributed by atoms with Crippen LogP contribution in [-0.4, -0.2) is 33.5 Å². The molecule has 0 aliphatic carbocycles. The molecule has 1 fully saturated rings. The fraction of sp³-hybridized carbons (Fsp3) is 1.00. The summed E-state index contributed by atoms with van der Waals surface area (Å²) in [7, 11) is 0. The van der Waals surface area contributed by atoms with E-state index in [0.29, 0.717) is 5.25 Å². The maximum Gasteiger partial charge on any atom is 0.0226 e. The third-order valence-corrected chi connectivity index (χ3v) is 5.78. The minimum absolute atomic E-state index is 0.597. The van der Waals surface area contributed by atoms with Crippen LogP contribution in [0.5, 0.6) is 0 Å². The summed E-state index contributed by atoms with van der Waals surface area (Å²) in [6.45, 7) is 0. The van der Waals surface area contributed by atoms with Crippen molar-refractivity contribution in [2.24, 2.45) is 0 Å². The molecule has 2 unspecified atom stereocenters. The standard InChI is InChI=1S/C6H12S4/c7-1-6-4-9-2-5(8)3-10-6/h5-8H,1-4H2. The molecule has 0 spiro atoms. The van der Waals surface area contributed by atoms with Gasteiger partial charge in [-0.1, -0.05) is 0 Å². The average Bonchev–Trinajstić information content (AvgIpc) is 2.14. The summed E-state index contributed by atoms with van der Waals surface area (Å²) < 4.78 is 0. The molecule has 0 bridgehead atoms. The Morgan fingerprint density at radius 3 is 2.80 bits per heavy atom. The lowest BCUT2D eigenvalue weighted by Crippen LogP contribution is -2.07. The first-order valence-electron chi connectivity index (χ1n) is 3.31. The van der Waals surface area contributed by atoms with E-state index >= 15 is 0 Å². The van der Waals surface area contributed by atoms with Crippen LogP contribution in [0.4, 0.5) is 0 Å². The molecular weight excluding hydrogens is 200 g/mol. The second-order valence-corrected chi connectivity index (χ2v) is 5.83. The topological polar surface area (TPSA) is 0 Å². The summed E-state index contributed by atoms with van der Waals surface area (Å²) in [5.74, 6) is 4.67. The SMILES string of the molecule is SCC1CSCC(S)CS1. The fourth-order valence-corrected chi connectivity index (χ4v) is 4.43. The average molecular weight is 212 g/mol. The van der Waals surface area contributed by atoms with Gasteiger partial charge in [0.15, 0.2) is 0 Å². The molecule has 1 aliphatic heterocycles. The maximum absolute atomic E-state index is 4.44. The number of hydrogen-bond donors (Lipinski definition) is 2. The molecule has 0 saturated carbocycles. The molecule has 4 heteroatoms. The number of thiol groups is 2. The van der Waals surface area contributed by atoms with Gasteiger partial charge in [-0.25, -0.2) is 0 Å². The van der Waals surface area contributed by atoms with Crippen LogP contribution < -0.4 is 0 Å². The highest BCUT2D eigenvalue weighted by atomic mass is 32.2. The highest BCUT2D eigenvalue weighted by Gasteiger charge is 2.15. The van der Waals surface area contributed by atoms with E-state index in [1.165, 1.54) is 17.3 Å². The monoisotopic (exact) mass is 212 g/mol. The summed E-state index contributed by atoms with van der Waals surface area (Å²) in [4.78, 5) is 0. The van der Waals surface area contributed by atoms with Gasteiger partial charge in [-0.15, -0.1) is 0 Å². The molecule has 0 radical (unpaired) electrons. The van der Waals surface area contributed by atoms with Crippen molar-refractivity contribution in [2.75, 3.05) is 23.0 Å². The summed E-state index contributed by atoms with van der Waals surface area (Å²) in [5.41, 5.74) is 0. The molecule has 0 N–H and O–H groups in total. The van der Waals surface area contributed by atoms with Gasteiger partial charge in [0.05, 0.1) is 0 Å². The molecule has 0 aromatic heterocycles. The second-order valence-electron chi connectivity index (χ2n) is 2.33. The molecule has 10 heavy (non-hydrogen) atoms. The summed E-state index contributed by atoms with van der Waals surface area (Å²) in [6, 6.07) is 0. The van der Waals surface area contributed by atoms with Gasteiger partial charge in [0.2, 0.25) is 0 Å². The van der Waals surface area contributed by atoms with Gasteiger partial charge >= 0.3 is 0 Å². The Labute approximate surface area is 82.1 Å². The predicted molar refractivity (Wildman–Crippen MR) is 60.2 cm³/mol. The molecular formula is C6H12S4. The van der Waals surface area contributed by atoms with E-state index in [9.17, 15) is 0 Å². The van der Waals surface area contributed by atoms with Crippen molar-refractivity contribution in [2.45, 2.75) is 10.5 Å². The molecule has 60 valence electrons. The molecule has 0 aromatic rings. The van der Waals surface area contributed by atoms with Crippen LogP contribution in [-0.2, 0) is 0 Å². The van der Waals surface area contributed by atoms with Gasteiger partial charge in [0.25, 0.3) is 0 Å². The normalized spacial score (nSPS) is 35.4. The van der Waals surface area contributed by atoms with E-state index in [2.05, 4.69) is 25.3 Å². The predicted octanol–water partition coefficient (Wildman–Crippen LogP) is 2.06. The molecule has 0 aromatic carbocycles. The Bertz CT molecular complexity index is 95.7. The molecule has 1 rings (SSSR count).